The number of nitrogen functional groups attached to an aromatic ring is 1. The first-order valence-electron chi connectivity index (χ1n) is 6.52. The van der Waals surface area contributed by atoms with E-state index in [1.54, 1.807) is 7.11 Å². The molecule has 106 valence electrons. The third-order valence-electron chi connectivity index (χ3n) is 2.89. The molecule has 0 saturated heterocycles. The molecule has 5 heteroatoms. The minimum Gasteiger partial charge on any atom is -0.497 e. The fourth-order valence-corrected chi connectivity index (χ4v) is 1.78. The van der Waals surface area contributed by atoms with Crippen LogP contribution in [0.1, 0.15) is 38.0 Å². The number of benzene rings is 1. The predicted octanol–water partition coefficient (Wildman–Crippen LogP) is 2.35. The second-order valence-corrected chi connectivity index (χ2v) is 5.71. The van der Waals surface area contributed by atoms with Crippen molar-refractivity contribution in [3.63, 3.8) is 0 Å². The molecule has 0 fully saturated rings. The standard InChI is InChI=1S/C15H20N4O/c1-15(2,3)13-17-12(18-14(16)19-13)9-10-5-7-11(20-4)8-6-10/h5-8H,9H2,1-4H3,(H2,16,17,18,19). The van der Waals surface area contributed by atoms with Crippen LogP contribution >= 0.6 is 0 Å². The molecule has 0 aliphatic carbocycles. The fourth-order valence-electron chi connectivity index (χ4n) is 1.78. The summed E-state index contributed by atoms with van der Waals surface area (Å²) < 4.78 is 5.14. The van der Waals surface area contributed by atoms with E-state index in [-0.39, 0.29) is 11.4 Å². The molecule has 2 N–H and O–H groups in total. The molecule has 20 heavy (non-hydrogen) atoms. The van der Waals surface area contributed by atoms with E-state index in [0.717, 1.165) is 11.3 Å². The fraction of sp³-hybridized carbons (Fsp3) is 0.400. The number of nitrogens with two attached hydrogens (primary N) is 1. The second kappa shape index (κ2) is 5.45. The van der Waals surface area contributed by atoms with E-state index in [1.807, 2.05) is 24.3 Å². The van der Waals surface area contributed by atoms with E-state index in [2.05, 4.69) is 35.7 Å². The first kappa shape index (κ1) is 14.2. The Hall–Kier alpha value is -2.17. The van der Waals surface area contributed by atoms with Crippen molar-refractivity contribution in [2.75, 3.05) is 12.8 Å². The van der Waals surface area contributed by atoms with E-state index in [1.165, 1.54) is 0 Å². The van der Waals surface area contributed by atoms with Gasteiger partial charge in [-0.25, -0.2) is 4.98 Å². The van der Waals surface area contributed by atoms with Gasteiger partial charge in [0, 0.05) is 11.8 Å². The van der Waals surface area contributed by atoms with Crippen molar-refractivity contribution in [3.05, 3.63) is 41.5 Å². The van der Waals surface area contributed by atoms with Gasteiger partial charge in [-0.2, -0.15) is 9.97 Å². The van der Waals surface area contributed by atoms with E-state index in [0.29, 0.717) is 18.1 Å². The van der Waals surface area contributed by atoms with E-state index < -0.39 is 0 Å². The van der Waals surface area contributed by atoms with E-state index in [4.69, 9.17) is 10.5 Å². The lowest BCUT2D eigenvalue weighted by atomic mass is 9.96. The van der Waals surface area contributed by atoms with Crippen molar-refractivity contribution in [2.24, 2.45) is 0 Å². The Morgan fingerprint density at radius 1 is 1.05 bits per heavy atom. The number of hydrogen-bond donors (Lipinski definition) is 1. The summed E-state index contributed by atoms with van der Waals surface area (Å²) in [6, 6.07) is 7.83. The van der Waals surface area contributed by atoms with Gasteiger partial charge >= 0.3 is 0 Å². The first-order valence-corrected chi connectivity index (χ1v) is 6.52. The normalized spacial score (nSPS) is 11.4. The molecule has 1 heterocycles. The average Bonchev–Trinajstić information content (AvgIpc) is 2.38. The SMILES string of the molecule is COc1ccc(Cc2nc(N)nc(C(C)(C)C)n2)cc1. The molecule has 0 atom stereocenters. The van der Waals surface area contributed by atoms with Gasteiger partial charge in [0.1, 0.15) is 17.4 Å². The van der Waals surface area contributed by atoms with Gasteiger partial charge in [0.05, 0.1) is 7.11 Å². The summed E-state index contributed by atoms with van der Waals surface area (Å²) in [6.45, 7) is 6.16. The quantitative estimate of drug-likeness (QED) is 0.928. The molecule has 0 unspecified atom stereocenters. The Balaban J connectivity index is 2.26. The number of methoxy groups -OCH3 is 1. The van der Waals surface area contributed by atoms with Crippen LogP contribution in [0.4, 0.5) is 5.95 Å². The molecule has 0 saturated carbocycles. The maximum Gasteiger partial charge on any atom is 0.223 e. The van der Waals surface area contributed by atoms with Gasteiger partial charge in [0.15, 0.2) is 0 Å². The number of nitrogens with zero attached hydrogens (tertiary/aromatic N) is 3. The van der Waals surface area contributed by atoms with Crippen LogP contribution in [0.2, 0.25) is 0 Å². The topological polar surface area (TPSA) is 73.9 Å². The lowest BCUT2D eigenvalue weighted by Gasteiger charge is -2.17. The zero-order chi connectivity index (χ0) is 14.8. The van der Waals surface area contributed by atoms with E-state index >= 15 is 0 Å². The molecule has 0 aliphatic rings. The summed E-state index contributed by atoms with van der Waals surface area (Å²) in [5.41, 5.74) is 6.73. The summed E-state index contributed by atoms with van der Waals surface area (Å²) in [4.78, 5) is 12.9. The summed E-state index contributed by atoms with van der Waals surface area (Å²) in [7, 11) is 1.65. The summed E-state index contributed by atoms with van der Waals surface area (Å²) in [5, 5.41) is 0. The Morgan fingerprint density at radius 3 is 2.25 bits per heavy atom. The Kier molecular flexibility index (Phi) is 3.88. The number of ether oxygens (including phenoxy) is 1. The maximum atomic E-state index is 5.77. The zero-order valence-electron chi connectivity index (χ0n) is 12.3. The molecule has 0 aliphatic heterocycles. The summed E-state index contributed by atoms with van der Waals surface area (Å²) >= 11 is 0. The van der Waals surface area contributed by atoms with Gasteiger partial charge in [-0.15, -0.1) is 0 Å². The molecule has 1 aromatic heterocycles. The van der Waals surface area contributed by atoms with Crippen molar-refractivity contribution in [1.82, 2.24) is 15.0 Å². The van der Waals surface area contributed by atoms with Crippen LogP contribution in [0.5, 0.6) is 5.75 Å². The predicted molar refractivity (Wildman–Crippen MR) is 78.7 cm³/mol. The maximum absolute atomic E-state index is 5.77. The smallest absolute Gasteiger partial charge is 0.223 e. The van der Waals surface area contributed by atoms with Crippen molar-refractivity contribution in [2.45, 2.75) is 32.6 Å². The highest BCUT2D eigenvalue weighted by Crippen LogP contribution is 2.19. The minimum absolute atomic E-state index is 0.147. The number of rotatable bonds is 3. The first-order chi connectivity index (χ1) is 9.38. The number of anilines is 1. The van der Waals surface area contributed by atoms with Crippen LogP contribution in [0, 0.1) is 0 Å². The van der Waals surface area contributed by atoms with Crippen molar-refractivity contribution in [3.8, 4) is 5.75 Å². The molecule has 5 nitrogen and oxygen atoms in total. The molecule has 1 aromatic carbocycles. The minimum atomic E-state index is -0.147. The van der Waals surface area contributed by atoms with Crippen molar-refractivity contribution < 1.29 is 4.74 Å². The van der Waals surface area contributed by atoms with Crippen LogP contribution in [0.15, 0.2) is 24.3 Å². The summed E-state index contributed by atoms with van der Waals surface area (Å²) in [6.07, 6.45) is 0.625. The Morgan fingerprint density at radius 2 is 1.70 bits per heavy atom. The highest BCUT2D eigenvalue weighted by atomic mass is 16.5. The van der Waals surface area contributed by atoms with Gasteiger partial charge in [-0.1, -0.05) is 32.9 Å². The van der Waals surface area contributed by atoms with Crippen LogP contribution in [0.3, 0.4) is 0 Å². The second-order valence-electron chi connectivity index (χ2n) is 5.71. The van der Waals surface area contributed by atoms with Crippen LogP contribution in [0.25, 0.3) is 0 Å². The highest BCUT2D eigenvalue weighted by Gasteiger charge is 2.19. The zero-order valence-corrected chi connectivity index (χ0v) is 12.3. The Labute approximate surface area is 119 Å². The largest absolute Gasteiger partial charge is 0.497 e. The third kappa shape index (κ3) is 3.44. The molecule has 2 rings (SSSR count). The lowest BCUT2D eigenvalue weighted by molar-refractivity contribution is 0.414. The van der Waals surface area contributed by atoms with Crippen molar-refractivity contribution in [1.29, 1.82) is 0 Å². The van der Waals surface area contributed by atoms with Crippen molar-refractivity contribution >= 4 is 5.95 Å². The molecule has 0 bridgehead atoms. The molecule has 0 spiro atoms. The molecular weight excluding hydrogens is 252 g/mol. The van der Waals surface area contributed by atoms with Gasteiger partial charge in [-0.3, -0.25) is 0 Å². The van der Waals surface area contributed by atoms with Gasteiger partial charge in [-0.05, 0) is 17.7 Å². The number of hydrogen-bond acceptors (Lipinski definition) is 5. The molecule has 0 amide bonds. The highest BCUT2D eigenvalue weighted by molar-refractivity contribution is 5.29. The van der Waals surface area contributed by atoms with Crippen LogP contribution < -0.4 is 10.5 Å². The third-order valence-corrected chi connectivity index (χ3v) is 2.89. The van der Waals surface area contributed by atoms with Crippen LogP contribution in [-0.4, -0.2) is 22.1 Å². The van der Waals surface area contributed by atoms with Gasteiger partial charge in [0.25, 0.3) is 0 Å². The van der Waals surface area contributed by atoms with E-state index in [9.17, 15) is 0 Å². The number of aromatic nitrogens is 3. The molecular formula is C15H20N4O. The monoisotopic (exact) mass is 272 g/mol. The van der Waals surface area contributed by atoms with Crippen LogP contribution in [-0.2, 0) is 11.8 Å². The summed E-state index contributed by atoms with van der Waals surface area (Å²) in [5.74, 6) is 2.51. The average molecular weight is 272 g/mol. The Bertz CT molecular complexity index is 588. The van der Waals surface area contributed by atoms with Gasteiger partial charge in [0.2, 0.25) is 5.95 Å². The molecule has 0 radical (unpaired) electrons. The van der Waals surface area contributed by atoms with Gasteiger partial charge < -0.3 is 10.5 Å². The lowest BCUT2D eigenvalue weighted by Crippen LogP contribution is -2.19. The molecule has 2 aromatic rings.